The van der Waals surface area contributed by atoms with Crippen LogP contribution in [0.4, 0.5) is 13.2 Å². The number of alkyl halides is 3. The van der Waals surface area contributed by atoms with Gasteiger partial charge in [0, 0.05) is 6.92 Å². The van der Waals surface area contributed by atoms with E-state index in [9.17, 15) is 18.0 Å². The lowest BCUT2D eigenvalue weighted by molar-refractivity contribution is -0.155. The average Bonchev–Trinajstić information content (AvgIpc) is 2.28. The number of carbonyl (C=O) groups excluding carboxylic acids is 1. The molecule has 0 aromatic carbocycles. The van der Waals surface area contributed by atoms with Crippen LogP contribution in [-0.4, -0.2) is 10.9 Å². The maximum Gasteiger partial charge on any atom is 0.454 e. The standard InChI is InChI=1S/C6H3ClF3NO2/c1-2(12)4-3(7)5(13-11-4)6(8,9)10/h1H3. The van der Waals surface area contributed by atoms with E-state index < -0.39 is 28.4 Å². The third-order valence-corrected chi connectivity index (χ3v) is 1.58. The maximum absolute atomic E-state index is 12.0. The summed E-state index contributed by atoms with van der Waals surface area (Å²) >= 11 is 5.21. The van der Waals surface area contributed by atoms with Crippen LogP contribution in [0.1, 0.15) is 23.2 Å². The van der Waals surface area contributed by atoms with Gasteiger partial charge in [-0.15, -0.1) is 0 Å². The van der Waals surface area contributed by atoms with E-state index in [0.717, 1.165) is 6.92 Å². The van der Waals surface area contributed by atoms with Crippen molar-refractivity contribution in [2.45, 2.75) is 13.1 Å². The summed E-state index contributed by atoms with van der Waals surface area (Å²) in [5.41, 5.74) is -0.506. The zero-order valence-electron chi connectivity index (χ0n) is 6.28. The molecule has 0 N–H and O–H groups in total. The zero-order valence-corrected chi connectivity index (χ0v) is 7.03. The molecule has 0 bridgehead atoms. The summed E-state index contributed by atoms with van der Waals surface area (Å²) in [6.45, 7) is 1.05. The fraction of sp³-hybridized carbons (Fsp3) is 0.333. The number of Topliss-reactive ketones (excluding diaryl/α,β-unsaturated/α-hetero) is 1. The third-order valence-electron chi connectivity index (χ3n) is 1.23. The summed E-state index contributed by atoms with van der Waals surface area (Å²) in [4.78, 5) is 10.6. The zero-order chi connectivity index (χ0) is 10.2. The molecule has 1 heterocycles. The molecule has 1 aromatic heterocycles. The molecule has 0 amide bonds. The van der Waals surface area contributed by atoms with Crippen molar-refractivity contribution >= 4 is 17.4 Å². The minimum atomic E-state index is -4.72. The Hall–Kier alpha value is -1.04. The molecule has 0 aliphatic rings. The van der Waals surface area contributed by atoms with E-state index in [2.05, 4.69) is 9.68 Å². The fourth-order valence-electron chi connectivity index (χ4n) is 0.674. The molecule has 0 saturated heterocycles. The van der Waals surface area contributed by atoms with Crippen molar-refractivity contribution in [1.82, 2.24) is 5.16 Å². The number of halogens is 4. The Labute approximate surface area is 75.5 Å². The number of nitrogens with zero attached hydrogens (tertiary/aromatic N) is 1. The summed E-state index contributed by atoms with van der Waals surface area (Å²) in [6.07, 6.45) is -4.72. The number of carbonyl (C=O) groups is 1. The second-order valence-electron chi connectivity index (χ2n) is 2.23. The molecule has 0 fully saturated rings. The van der Waals surface area contributed by atoms with Crippen LogP contribution in [0, 0.1) is 0 Å². The molecule has 1 rings (SSSR count). The van der Waals surface area contributed by atoms with E-state index in [-0.39, 0.29) is 0 Å². The first-order valence-electron chi connectivity index (χ1n) is 3.07. The highest BCUT2D eigenvalue weighted by Gasteiger charge is 2.40. The Kier molecular flexibility index (Phi) is 2.34. The molecule has 13 heavy (non-hydrogen) atoms. The smallest absolute Gasteiger partial charge is 0.349 e. The van der Waals surface area contributed by atoms with Gasteiger partial charge >= 0.3 is 6.18 Å². The molecule has 0 spiro atoms. The van der Waals surface area contributed by atoms with Gasteiger partial charge in [0.05, 0.1) is 0 Å². The highest BCUT2D eigenvalue weighted by Crippen LogP contribution is 2.36. The quantitative estimate of drug-likeness (QED) is 0.674. The van der Waals surface area contributed by atoms with E-state index in [4.69, 9.17) is 11.6 Å². The molecule has 72 valence electrons. The Bertz CT molecular complexity index is 344. The number of hydrogen-bond donors (Lipinski definition) is 0. The molecular formula is C6H3ClF3NO2. The van der Waals surface area contributed by atoms with Crippen molar-refractivity contribution < 1.29 is 22.5 Å². The van der Waals surface area contributed by atoms with Crippen molar-refractivity contribution in [3.8, 4) is 0 Å². The Morgan fingerprint density at radius 2 is 2.08 bits per heavy atom. The number of ketones is 1. The molecule has 0 aliphatic heterocycles. The SMILES string of the molecule is CC(=O)c1noc(C(F)(F)F)c1Cl. The van der Waals surface area contributed by atoms with Gasteiger partial charge in [-0.05, 0) is 0 Å². The number of aromatic nitrogens is 1. The normalized spacial score (nSPS) is 11.8. The summed E-state index contributed by atoms with van der Waals surface area (Å²) in [5, 5.41) is 2.11. The lowest BCUT2D eigenvalue weighted by atomic mass is 10.3. The molecule has 0 aliphatic carbocycles. The van der Waals surface area contributed by atoms with Crippen molar-refractivity contribution in [3.05, 3.63) is 16.5 Å². The van der Waals surface area contributed by atoms with Crippen LogP contribution in [0.3, 0.4) is 0 Å². The van der Waals surface area contributed by atoms with Crippen LogP contribution in [0.2, 0.25) is 5.02 Å². The van der Waals surface area contributed by atoms with Gasteiger partial charge in [0.25, 0.3) is 5.76 Å². The van der Waals surface area contributed by atoms with Crippen LogP contribution in [-0.2, 0) is 6.18 Å². The predicted molar refractivity (Wildman–Crippen MR) is 36.5 cm³/mol. The monoisotopic (exact) mass is 213 g/mol. The minimum absolute atomic E-state index is 0.506. The maximum atomic E-state index is 12.0. The molecule has 7 heteroatoms. The average molecular weight is 214 g/mol. The van der Waals surface area contributed by atoms with Crippen molar-refractivity contribution in [1.29, 1.82) is 0 Å². The van der Waals surface area contributed by atoms with Gasteiger partial charge in [-0.1, -0.05) is 16.8 Å². The molecule has 0 unspecified atom stereocenters. The first-order chi connectivity index (χ1) is 5.84. The molecule has 1 aromatic rings. The van der Waals surface area contributed by atoms with Gasteiger partial charge in [0.1, 0.15) is 5.02 Å². The summed E-state index contributed by atoms with van der Waals surface area (Å²) < 4.78 is 39.9. The Morgan fingerprint density at radius 3 is 2.31 bits per heavy atom. The molecule has 0 atom stereocenters. The van der Waals surface area contributed by atoms with E-state index in [1.54, 1.807) is 0 Å². The topological polar surface area (TPSA) is 43.1 Å². The van der Waals surface area contributed by atoms with Crippen molar-refractivity contribution in [2.75, 3.05) is 0 Å². The predicted octanol–water partition coefficient (Wildman–Crippen LogP) is 2.55. The molecule has 3 nitrogen and oxygen atoms in total. The second kappa shape index (κ2) is 3.02. The van der Waals surface area contributed by atoms with Gasteiger partial charge in [0.2, 0.25) is 0 Å². The molecule has 0 radical (unpaired) electrons. The van der Waals surface area contributed by atoms with E-state index >= 15 is 0 Å². The largest absolute Gasteiger partial charge is 0.454 e. The third kappa shape index (κ3) is 1.82. The van der Waals surface area contributed by atoms with Crippen LogP contribution >= 0.6 is 11.6 Å². The van der Waals surface area contributed by atoms with Gasteiger partial charge in [-0.3, -0.25) is 4.79 Å². The van der Waals surface area contributed by atoms with Crippen molar-refractivity contribution in [3.63, 3.8) is 0 Å². The lowest BCUT2D eigenvalue weighted by Gasteiger charge is -1.99. The van der Waals surface area contributed by atoms with Gasteiger partial charge in [-0.25, -0.2) is 0 Å². The van der Waals surface area contributed by atoms with Crippen molar-refractivity contribution in [2.24, 2.45) is 0 Å². The Balaban J connectivity index is 3.22. The van der Waals surface area contributed by atoms with Crippen LogP contribution in [0.5, 0.6) is 0 Å². The second-order valence-corrected chi connectivity index (χ2v) is 2.61. The van der Waals surface area contributed by atoms with Crippen LogP contribution < -0.4 is 0 Å². The van der Waals surface area contributed by atoms with Crippen LogP contribution in [0.25, 0.3) is 0 Å². The number of hydrogen-bond acceptors (Lipinski definition) is 3. The van der Waals surface area contributed by atoms with Gasteiger partial charge in [-0.2, -0.15) is 13.2 Å². The first-order valence-corrected chi connectivity index (χ1v) is 3.45. The summed E-state index contributed by atoms with van der Waals surface area (Å²) in [7, 11) is 0. The van der Waals surface area contributed by atoms with E-state index in [1.165, 1.54) is 0 Å². The minimum Gasteiger partial charge on any atom is -0.349 e. The van der Waals surface area contributed by atoms with E-state index in [0.29, 0.717) is 0 Å². The van der Waals surface area contributed by atoms with Gasteiger partial charge in [0.15, 0.2) is 11.5 Å². The highest BCUT2D eigenvalue weighted by atomic mass is 35.5. The fourth-order valence-corrected chi connectivity index (χ4v) is 0.983. The molecule has 0 saturated carbocycles. The Morgan fingerprint density at radius 1 is 1.54 bits per heavy atom. The van der Waals surface area contributed by atoms with Crippen LogP contribution in [0.15, 0.2) is 4.52 Å². The highest BCUT2D eigenvalue weighted by molar-refractivity contribution is 6.34. The summed E-state index contributed by atoms with van der Waals surface area (Å²) in [5.74, 6) is -2.12. The van der Waals surface area contributed by atoms with E-state index in [1.807, 2.05) is 0 Å². The lowest BCUT2D eigenvalue weighted by Crippen LogP contribution is -2.04. The molecular weight excluding hydrogens is 211 g/mol. The number of rotatable bonds is 1. The van der Waals surface area contributed by atoms with Gasteiger partial charge < -0.3 is 4.52 Å². The first kappa shape index (κ1) is 10.0. The summed E-state index contributed by atoms with van der Waals surface area (Å²) in [6, 6.07) is 0.